The Bertz CT molecular complexity index is 300. The van der Waals surface area contributed by atoms with E-state index < -0.39 is 23.0 Å². The number of carbonyl (C=O) groups is 2. The van der Waals surface area contributed by atoms with Gasteiger partial charge in [0, 0.05) is 6.54 Å². The van der Waals surface area contributed by atoms with Crippen LogP contribution in [0.25, 0.3) is 0 Å². The second-order valence-electron chi connectivity index (χ2n) is 5.63. The van der Waals surface area contributed by atoms with Gasteiger partial charge in [-0.1, -0.05) is 0 Å². The molecule has 0 bridgehead atoms. The molecule has 0 aromatic carbocycles. The van der Waals surface area contributed by atoms with E-state index in [1.54, 1.807) is 20.8 Å². The number of carboxylic acids is 1. The van der Waals surface area contributed by atoms with Crippen molar-refractivity contribution in [1.82, 2.24) is 5.32 Å². The van der Waals surface area contributed by atoms with Gasteiger partial charge in [-0.3, -0.25) is 9.59 Å². The molecule has 0 radical (unpaired) electrons. The van der Waals surface area contributed by atoms with E-state index in [0.29, 0.717) is 13.0 Å². The normalized spacial score (nSPS) is 25.4. The number of carboxylic acid groups (broad SMARTS) is 1. The maximum Gasteiger partial charge on any atom is 0.314 e. The molecular formula is C12H21NO4. The molecule has 2 N–H and O–H groups in total. The molecule has 0 aromatic rings. The molecule has 0 saturated carbocycles. The lowest BCUT2D eigenvalue weighted by atomic mass is 9.77. The summed E-state index contributed by atoms with van der Waals surface area (Å²) in [5.41, 5.74) is -1.49. The molecule has 0 aliphatic carbocycles. The van der Waals surface area contributed by atoms with Crippen LogP contribution < -0.4 is 5.32 Å². The van der Waals surface area contributed by atoms with Crippen LogP contribution in [0.3, 0.4) is 0 Å². The smallest absolute Gasteiger partial charge is 0.314 e. The minimum Gasteiger partial charge on any atom is -0.481 e. The van der Waals surface area contributed by atoms with E-state index in [2.05, 4.69) is 5.32 Å². The first-order valence-electron chi connectivity index (χ1n) is 5.91. The summed E-state index contributed by atoms with van der Waals surface area (Å²) in [5, 5.41) is 12.0. The Kier molecular flexibility index (Phi) is 4.14. The second-order valence-corrected chi connectivity index (χ2v) is 5.63. The van der Waals surface area contributed by atoms with Crippen molar-refractivity contribution in [2.75, 3.05) is 13.1 Å². The highest BCUT2D eigenvalue weighted by Gasteiger charge is 2.44. The highest BCUT2D eigenvalue weighted by atomic mass is 16.6. The van der Waals surface area contributed by atoms with E-state index in [1.807, 2.05) is 0 Å². The average Bonchev–Trinajstić information content (AvgIpc) is 2.15. The quantitative estimate of drug-likeness (QED) is 0.728. The molecule has 1 aliphatic heterocycles. The summed E-state index contributed by atoms with van der Waals surface area (Å²) in [6.45, 7) is 6.57. The number of hydrogen-bond donors (Lipinski definition) is 2. The van der Waals surface area contributed by atoms with E-state index in [0.717, 1.165) is 13.0 Å². The average molecular weight is 243 g/mol. The van der Waals surface area contributed by atoms with Gasteiger partial charge in [0.05, 0.1) is 11.8 Å². The predicted molar refractivity (Wildman–Crippen MR) is 62.6 cm³/mol. The van der Waals surface area contributed by atoms with Gasteiger partial charge in [0.25, 0.3) is 0 Å². The van der Waals surface area contributed by atoms with Gasteiger partial charge in [0.1, 0.15) is 5.60 Å². The number of nitrogens with one attached hydrogen (secondary N) is 1. The van der Waals surface area contributed by atoms with Crippen LogP contribution in [0.1, 0.15) is 40.0 Å². The standard InChI is InChI=1S/C12H21NO4/c1-11(2,3)17-10(16)12(7-9(14)15)5-4-6-13-8-12/h13H,4-8H2,1-3H3,(H,14,15)/t12-/m1/s1. The highest BCUT2D eigenvalue weighted by Crippen LogP contribution is 2.33. The number of carbonyl (C=O) groups excluding carboxylic acids is 1. The van der Waals surface area contributed by atoms with Crippen molar-refractivity contribution < 1.29 is 19.4 Å². The van der Waals surface area contributed by atoms with Gasteiger partial charge in [-0.15, -0.1) is 0 Å². The summed E-state index contributed by atoms with van der Waals surface area (Å²) < 4.78 is 5.34. The van der Waals surface area contributed by atoms with Crippen LogP contribution in [-0.4, -0.2) is 35.7 Å². The third kappa shape index (κ3) is 4.00. The van der Waals surface area contributed by atoms with Crippen molar-refractivity contribution in [3.8, 4) is 0 Å². The Morgan fingerprint density at radius 3 is 2.47 bits per heavy atom. The monoisotopic (exact) mass is 243 g/mol. The predicted octanol–water partition coefficient (Wildman–Crippen LogP) is 1.17. The fourth-order valence-corrected chi connectivity index (χ4v) is 2.04. The van der Waals surface area contributed by atoms with Gasteiger partial charge >= 0.3 is 11.9 Å². The van der Waals surface area contributed by atoms with E-state index in [4.69, 9.17) is 9.84 Å². The Morgan fingerprint density at radius 2 is 2.06 bits per heavy atom. The number of esters is 1. The molecule has 0 amide bonds. The summed E-state index contributed by atoms with van der Waals surface area (Å²) in [6.07, 6.45) is 1.20. The number of hydrogen-bond acceptors (Lipinski definition) is 4. The molecule has 98 valence electrons. The van der Waals surface area contributed by atoms with Crippen LogP contribution >= 0.6 is 0 Å². The van der Waals surface area contributed by atoms with E-state index in [9.17, 15) is 9.59 Å². The fourth-order valence-electron chi connectivity index (χ4n) is 2.04. The van der Waals surface area contributed by atoms with Crippen LogP contribution in [0.4, 0.5) is 0 Å². The molecule has 17 heavy (non-hydrogen) atoms. The summed E-state index contributed by atoms with van der Waals surface area (Å²) in [5.74, 6) is -1.36. The van der Waals surface area contributed by atoms with Crippen molar-refractivity contribution >= 4 is 11.9 Å². The molecule has 1 atom stereocenters. The Balaban J connectivity index is 2.81. The van der Waals surface area contributed by atoms with Crippen molar-refractivity contribution in [1.29, 1.82) is 0 Å². The van der Waals surface area contributed by atoms with Crippen LogP contribution in [-0.2, 0) is 14.3 Å². The maximum absolute atomic E-state index is 12.1. The Labute approximate surface area is 102 Å². The van der Waals surface area contributed by atoms with Gasteiger partial charge in [0.2, 0.25) is 0 Å². The zero-order valence-corrected chi connectivity index (χ0v) is 10.7. The van der Waals surface area contributed by atoms with E-state index in [-0.39, 0.29) is 6.42 Å². The first-order valence-corrected chi connectivity index (χ1v) is 5.91. The van der Waals surface area contributed by atoms with Gasteiger partial charge < -0.3 is 15.2 Å². The van der Waals surface area contributed by atoms with E-state index in [1.165, 1.54) is 0 Å². The minimum absolute atomic E-state index is 0.172. The molecule has 1 aliphatic rings. The molecule has 0 aromatic heterocycles. The summed E-state index contributed by atoms with van der Waals surface area (Å²) in [6, 6.07) is 0. The molecule has 1 heterocycles. The largest absolute Gasteiger partial charge is 0.481 e. The van der Waals surface area contributed by atoms with Gasteiger partial charge in [0.15, 0.2) is 0 Å². The lowest BCUT2D eigenvalue weighted by Gasteiger charge is -2.36. The van der Waals surface area contributed by atoms with Gasteiger partial charge in [-0.25, -0.2) is 0 Å². The first kappa shape index (κ1) is 14.0. The fraction of sp³-hybridized carbons (Fsp3) is 0.833. The zero-order chi connectivity index (χ0) is 13.1. The number of piperidine rings is 1. The van der Waals surface area contributed by atoms with Crippen LogP contribution in [0.15, 0.2) is 0 Å². The third-order valence-corrected chi connectivity index (χ3v) is 2.79. The molecule has 0 spiro atoms. The summed E-state index contributed by atoms with van der Waals surface area (Å²) >= 11 is 0. The van der Waals surface area contributed by atoms with Crippen LogP contribution in [0, 0.1) is 5.41 Å². The van der Waals surface area contributed by atoms with Gasteiger partial charge in [-0.2, -0.15) is 0 Å². The Morgan fingerprint density at radius 1 is 1.41 bits per heavy atom. The Hall–Kier alpha value is -1.10. The SMILES string of the molecule is CC(C)(C)OC(=O)[C@@]1(CC(=O)O)CCCNC1. The molecular weight excluding hydrogens is 222 g/mol. The van der Waals surface area contributed by atoms with Crippen molar-refractivity contribution in [3.63, 3.8) is 0 Å². The molecule has 1 fully saturated rings. The highest BCUT2D eigenvalue weighted by molar-refractivity contribution is 5.83. The first-order chi connectivity index (χ1) is 7.75. The molecule has 5 nitrogen and oxygen atoms in total. The van der Waals surface area contributed by atoms with Crippen molar-refractivity contribution in [3.05, 3.63) is 0 Å². The number of rotatable bonds is 3. The van der Waals surface area contributed by atoms with Crippen LogP contribution in [0.5, 0.6) is 0 Å². The summed E-state index contributed by atoms with van der Waals surface area (Å²) in [4.78, 5) is 23.1. The molecule has 5 heteroatoms. The lowest BCUT2D eigenvalue weighted by molar-refractivity contribution is -0.172. The number of ether oxygens (including phenoxy) is 1. The maximum atomic E-state index is 12.1. The minimum atomic E-state index is -0.959. The lowest BCUT2D eigenvalue weighted by Crippen LogP contribution is -2.49. The molecule has 1 rings (SSSR count). The van der Waals surface area contributed by atoms with Gasteiger partial charge in [-0.05, 0) is 40.2 Å². The zero-order valence-electron chi connectivity index (χ0n) is 10.7. The molecule has 0 unspecified atom stereocenters. The van der Waals surface area contributed by atoms with Crippen molar-refractivity contribution in [2.45, 2.75) is 45.6 Å². The second kappa shape index (κ2) is 5.04. The molecule has 1 saturated heterocycles. The number of aliphatic carboxylic acids is 1. The van der Waals surface area contributed by atoms with Crippen LogP contribution in [0.2, 0.25) is 0 Å². The third-order valence-electron chi connectivity index (χ3n) is 2.79. The summed E-state index contributed by atoms with van der Waals surface area (Å²) in [7, 11) is 0. The van der Waals surface area contributed by atoms with E-state index >= 15 is 0 Å². The van der Waals surface area contributed by atoms with Crippen molar-refractivity contribution in [2.24, 2.45) is 5.41 Å². The topological polar surface area (TPSA) is 75.6 Å².